The van der Waals surface area contributed by atoms with Crippen LogP contribution in [0.25, 0.3) is 38.9 Å². The van der Waals surface area contributed by atoms with Crippen molar-refractivity contribution in [1.29, 1.82) is 5.26 Å². The number of benzene rings is 1. The fourth-order valence-electron chi connectivity index (χ4n) is 3.78. The highest BCUT2D eigenvalue weighted by Crippen LogP contribution is 2.37. The van der Waals surface area contributed by atoms with Crippen molar-refractivity contribution in [2.75, 3.05) is 0 Å². The van der Waals surface area contributed by atoms with Crippen LogP contribution in [0.4, 0.5) is 0 Å². The number of nitriles is 1. The number of hydrogen-bond acceptors (Lipinski definition) is 5. The van der Waals surface area contributed by atoms with Gasteiger partial charge in [0.1, 0.15) is 5.65 Å². The number of aliphatic hydroxyl groups is 1. The van der Waals surface area contributed by atoms with E-state index >= 15 is 0 Å². The number of aliphatic hydroxyl groups excluding tert-OH is 1. The molecular weight excluding hydrogens is 447 g/mol. The Morgan fingerprint density at radius 3 is 2.66 bits per heavy atom. The molecule has 0 atom stereocenters. The van der Waals surface area contributed by atoms with E-state index in [1.807, 2.05) is 28.9 Å². The molecule has 5 aromatic rings. The number of rotatable bonds is 5. The monoisotopic (exact) mass is 462 g/mol. The molecule has 7 nitrogen and oxygen atoms in total. The van der Waals surface area contributed by atoms with Crippen molar-refractivity contribution in [3.8, 4) is 28.5 Å². The van der Waals surface area contributed by atoms with Gasteiger partial charge in [-0.05, 0) is 24.3 Å². The second kappa shape index (κ2) is 8.24. The highest BCUT2D eigenvalue weighted by atomic mass is 35.5. The lowest BCUT2D eigenvalue weighted by atomic mass is 10.1. The Morgan fingerprint density at radius 2 is 1.91 bits per heavy atom. The molecule has 4 aromatic heterocycles. The zero-order valence-electron chi connectivity index (χ0n) is 16.7. The third-order valence-corrected chi connectivity index (χ3v) is 5.95. The first-order valence-electron chi connectivity index (χ1n) is 9.85. The van der Waals surface area contributed by atoms with Crippen molar-refractivity contribution in [3.63, 3.8) is 0 Å². The van der Waals surface area contributed by atoms with Gasteiger partial charge in [0, 0.05) is 40.7 Å². The maximum atomic E-state index is 10.1. The van der Waals surface area contributed by atoms with Crippen molar-refractivity contribution in [2.45, 2.75) is 19.6 Å². The molecule has 0 aliphatic heterocycles. The van der Waals surface area contributed by atoms with Crippen LogP contribution in [0.5, 0.6) is 0 Å². The van der Waals surface area contributed by atoms with Gasteiger partial charge in [0.25, 0.3) is 0 Å². The van der Waals surface area contributed by atoms with Gasteiger partial charge >= 0.3 is 0 Å². The minimum atomic E-state index is -0.234. The first-order chi connectivity index (χ1) is 15.6. The number of nitrogens with zero attached hydrogens (tertiary/aromatic N) is 6. The lowest BCUT2D eigenvalue weighted by Gasteiger charge is -2.06. The Kier molecular flexibility index (Phi) is 5.27. The Hall–Kier alpha value is -3.44. The average molecular weight is 463 g/mol. The van der Waals surface area contributed by atoms with Gasteiger partial charge < -0.3 is 9.51 Å². The molecule has 0 amide bonds. The van der Waals surface area contributed by atoms with E-state index in [0.717, 1.165) is 22.0 Å². The highest BCUT2D eigenvalue weighted by Gasteiger charge is 2.20. The minimum Gasteiger partial charge on any atom is -0.390 e. The molecule has 0 fully saturated rings. The van der Waals surface area contributed by atoms with Gasteiger partial charge in [-0.2, -0.15) is 10.4 Å². The maximum Gasteiger partial charge on any atom is 0.147 e. The molecule has 1 aromatic carbocycles. The van der Waals surface area contributed by atoms with Gasteiger partial charge in [0.05, 0.1) is 58.8 Å². The third kappa shape index (κ3) is 3.39. The maximum absolute atomic E-state index is 10.1. The van der Waals surface area contributed by atoms with Crippen molar-refractivity contribution >= 4 is 39.8 Å². The molecule has 9 heteroatoms. The highest BCUT2D eigenvalue weighted by molar-refractivity contribution is 6.39. The number of fused-ring (bicyclic) bond motifs is 3. The summed E-state index contributed by atoms with van der Waals surface area (Å²) in [4.78, 5) is 9.42. The van der Waals surface area contributed by atoms with Crippen LogP contribution in [0.3, 0.4) is 0 Å². The molecule has 5 rings (SSSR count). The molecule has 0 spiro atoms. The van der Waals surface area contributed by atoms with E-state index in [4.69, 9.17) is 33.4 Å². The Bertz CT molecular complexity index is 1490. The summed E-state index contributed by atoms with van der Waals surface area (Å²) in [5.74, 6) is 0. The van der Waals surface area contributed by atoms with E-state index in [2.05, 4.69) is 16.2 Å². The SMILES string of the molecule is N#CCCn1cc(-c2cnc3ccn4c(CO)c(-c5c(Cl)cccc5Cl)nc4c3c2)cn1. The first kappa shape index (κ1) is 20.5. The van der Waals surface area contributed by atoms with Gasteiger partial charge in [-0.3, -0.25) is 9.67 Å². The van der Waals surface area contributed by atoms with Gasteiger partial charge in [0.2, 0.25) is 0 Å². The summed E-state index contributed by atoms with van der Waals surface area (Å²) in [5, 5.41) is 25.0. The number of aryl methyl sites for hydroxylation is 1. The van der Waals surface area contributed by atoms with Gasteiger partial charge in [-0.25, -0.2) is 4.98 Å². The smallest absolute Gasteiger partial charge is 0.147 e. The Labute approximate surface area is 193 Å². The van der Waals surface area contributed by atoms with Crippen LogP contribution in [0.2, 0.25) is 10.0 Å². The predicted molar refractivity (Wildman–Crippen MR) is 123 cm³/mol. The van der Waals surface area contributed by atoms with Gasteiger partial charge in [0.15, 0.2) is 0 Å². The number of aromatic nitrogens is 5. The Balaban J connectivity index is 1.71. The fourth-order valence-corrected chi connectivity index (χ4v) is 4.36. The zero-order chi connectivity index (χ0) is 22.2. The topological polar surface area (TPSA) is 92.0 Å². The summed E-state index contributed by atoms with van der Waals surface area (Å²) in [6.07, 6.45) is 7.65. The van der Waals surface area contributed by atoms with E-state index in [1.54, 1.807) is 35.3 Å². The number of pyridine rings is 2. The van der Waals surface area contributed by atoms with E-state index in [-0.39, 0.29) is 6.61 Å². The number of imidazole rings is 1. The second-order valence-corrected chi connectivity index (χ2v) is 8.04. The molecule has 0 saturated carbocycles. The van der Waals surface area contributed by atoms with Gasteiger partial charge in [-0.15, -0.1) is 0 Å². The van der Waals surface area contributed by atoms with Crippen molar-refractivity contribution in [3.05, 3.63) is 70.9 Å². The molecule has 0 radical (unpaired) electrons. The standard InChI is InChI=1S/C23H16Cl2N6O/c24-17-3-1-4-18(25)21(17)22-20(13-32)31-8-5-19-16(23(31)29-22)9-14(10-27-19)15-11-28-30(12-15)7-2-6-26/h1,3-5,8-12,32H,2,7,13H2. The fraction of sp³-hybridized carbons (Fsp3) is 0.130. The van der Waals surface area contributed by atoms with E-state index in [9.17, 15) is 5.11 Å². The third-order valence-electron chi connectivity index (χ3n) is 5.32. The molecule has 0 bridgehead atoms. The summed E-state index contributed by atoms with van der Waals surface area (Å²) in [5.41, 5.74) is 4.88. The molecule has 158 valence electrons. The molecule has 32 heavy (non-hydrogen) atoms. The van der Waals surface area contributed by atoms with E-state index in [1.165, 1.54) is 0 Å². The second-order valence-electron chi connectivity index (χ2n) is 7.23. The van der Waals surface area contributed by atoms with Gasteiger partial charge in [-0.1, -0.05) is 29.3 Å². The van der Waals surface area contributed by atoms with Crippen LogP contribution in [-0.4, -0.2) is 29.3 Å². The first-order valence-corrected chi connectivity index (χ1v) is 10.6. The summed E-state index contributed by atoms with van der Waals surface area (Å²) in [6.45, 7) is 0.298. The van der Waals surface area contributed by atoms with E-state index in [0.29, 0.717) is 45.6 Å². The molecule has 0 unspecified atom stereocenters. The normalized spacial score (nSPS) is 11.3. The quantitative estimate of drug-likeness (QED) is 0.390. The summed E-state index contributed by atoms with van der Waals surface area (Å²) >= 11 is 12.9. The summed E-state index contributed by atoms with van der Waals surface area (Å²) in [7, 11) is 0. The minimum absolute atomic E-state index is 0.234. The Morgan fingerprint density at radius 1 is 1.09 bits per heavy atom. The summed E-state index contributed by atoms with van der Waals surface area (Å²) < 4.78 is 3.57. The average Bonchev–Trinajstić information content (AvgIpc) is 3.42. The van der Waals surface area contributed by atoms with Crippen molar-refractivity contribution in [1.82, 2.24) is 24.1 Å². The van der Waals surface area contributed by atoms with Crippen LogP contribution in [-0.2, 0) is 13.2 Å². The molecule has 4 heterocycles. The van der Waals surface area contributed by atoms with Crippen LogP contribution in [0.1, 0.15) is 12.1 Å². The lowest BCUT2D eigenvalue weighted by molar-refractivity contribution is 0.276. The molecule has 0 aliphatic carbocycles. The van der Waals surface area contributed by atoms with Crippen LogP contribution < -0.4 is 0 Å². The number of hydrogen-bond donors (Lipinski definition) is 1. The molecular formula is C23H16Cl2N6O. The van der Waals surface area contributed by atoms with E-state index < -0.39 is 0 Å². The van der Waals surface area contributed by atoms with Crippen LogP contribution in [0, 0.1) is 11.3 Å². The zero-order valence-corrected chi connectivity index (χ0v) is 18.2. The van der Waals surface area contributed by atoms with Crippen molar-refractivity contribution in [2.24, 2.45) is 0 Å². The molecule has 1 N–H and O–H groups in total. The largest absolute Gasteiger partial charge is 0.390 e. The molecule has 0 aliphatic rings. The molecule has 0 saturated heterocycles. The van der Waals surface area contributed by atoms with Crippen LogP contribution in [0.15, 0.2) is 55.1 Å². The predicted octanol–water partition coefficient (Wildman–Crippen LogP) is 5.13. The number of halogens is 2. The lowest BCUT2D eigenvalue weighted by Crippen LogP contribution is -1.96. The van der Waals surface area contributed by atoms with Crippen molar-refractivity contribution < 1.29 is 5.11 Å². The summed E-state index contributed by atoms with van der Waals surface area (Å²) in [6, 6.07) is 11.3. The van der Waals surface area contributed by atoms with Crippen LogP contribution >= 0.6 is 23.2 Å².